The lowest BCUT2D eigenvalue weighted by Crippen LogP contribution is -2.34. The van der Waals surface area contributed by atoms with E-state index in [1.165, 1.54) is 41.2 Å². The fraction of sp³-hybridized carbons (Fsp3) is 0.567. The first kappa shape index (κ1) is 24.6. The van der Waals surface area contributed by atoms with Crippen molar-refractivity contribution in [3.63, 3.8) is 0 Å². The van der Waals surface area contributed by atoms with Gasteiger partial charge < -0.3 is 13.9 Å². The van der Waals surface area contributed by atoms with Crippen molar-refractivity contribution in [1.82, 2.24) is 0 Å². The molecule has 34 heavy (non-hydrogen) atoms. The van der Waals surface area contributed by atoms with E-state index in [2.05, 4.69) is 52.8 Å². The molecular weight excluding hydrogens is 424 g/mol. The highest BCUT2D eigenvalue weighted by molar-refractivity contribution is 5.86. The van der Waals surface area contributed by atoms with Crippen LogP contribution >= 0.6 is 0 Å². The van der Waals surface area contributed by atoms with E-state index >= 15 is 0 Å². The van der Waals surface area contributed by atoms with Gasteiger partial charge in [-0.1, -0.05) is 40.7 Å². The van der Waals surface area contributed by atoms with Crippen LogP contribution in [0.15, 0.2) is 28.7 Å². The number of furan rings is 1. The molecule has 2 aliphatic carbocycles. The van der Waals surface area contributed by atoms with Gasteiger partial charge in [0, 0.05) is 29.5 Å². The summed E-state index contributed by atoms with van der Waals surface area (Å²) in [6.07, 6.45) is 9.59. The second-order valence-corrected chi connectivity index (χ2v) is 11.1. The summed E-state index contributed by atoms with van der Waals surface area (Å²) in [4.78, 5) is 11.8. The Morgan fingerprint density at radius 1 is 1.06 bits per heavy atom. The number of hydrogen-bond donors (Lipinski definition) is 0. The van der Waals surface area contributed by atoms with Gasteiger partial charge in [-0.25, -0.2) is 4.79 Å². The second kappa shape index (κ2) is 9.64. The van der Waals surface area contributed by atoms with Gasteiger partial charge in [0.15, 0.2) is 0 Å². The minimum absolute atomic E-state index is 0.143. The lowest BCUT2D eigenvalue weighted by Gasteiger charge is -2.43. The molecule has 0 radical (unpaired) electrons. The summed E-state index contributed by atoms with van der Waals surface area (Å²) in [5.41, 5.74) is 5.68. The zero-order valence-electron chi connectivity index (χ0n) is 21.8. The van der Waals surface area contributed by atoms with Crippen molar-refractivity contribution in [3.8, 4) is 5.75 Å². The van der Waals surface area contributed by atoms with Crippen molar-refractivity contribution >= 4 is 12.0 Å². The summed E-state index contributed by atoms with van der Waals surface area (Å²) in [6.45, 7) is 14.5. The highest BCUT2D eigenvalue weighted by Gasteiger charge is 2.39. The van der Waals surface area contributed by atoms with Crippen LogP contribution in [0, 0.1) is 0 Å². The molecule has 0 N–H and O–H groups in total. The zero-order chi connectivity index (χ0) is 24.5. The van der Waals surface area contributed by atoms with Crippen LogP contribution in [0.25, 0.3) is 6.08 Å². The van der Waals surface area contributed by atoms with Crippen molar-refractivity contribution in [3.05, 3.63) is 58.0 Å². The molecule has 2 aliphatic rings. The Labute approximate surface area is 204 Å². The number of aryl methyl sites for hydroxylation is 1. The Hall–Kier alpha value is -2.49. The Balaban J connectivity index is 1.78. The van der Waals surface area contributed by atoms with E-state index in [9.17, 15) is 4.79 Å². The molecule has 0 aliphatic heterocycles. The molecule has 0 bridgehead atoms. The van der Waals surface area contributed by atoms with Gasteiger partial charge >= 0.3 is 5.97 Å². The van der Waals surface area contributed by atoms with Gasteiger partial charge in [0.05, 0.1) is 13.2 Å². The predicted octanol–water partition coefficient (Wildman–Crippen LogP) is 7.46. The first-order chi connectivity index (χ1) is 16.2. The first-order valence-corrected chi connectivity index (χ1v) is 13.0. The third kappa shape index (κ3) is 4.82. The van der Waals surface area contributed by atoms with E-state index in [-0.39, 0.29) is 22.7 Å². The summed E-state index contributed by atoms with van der Waals surface area (Å²) >= 11 is 0. The van der Waals surface area contributed by atoms with Gasteiger partial charge in [0.1, 0.15) is 17.3 Å². The quantitative estimate of drug-likeness (QED) is 0.315. The third-order valence-electron chi connectivity index (χ3n) is 7.62. The van der Waals surface area contributed by atoms with Crippen LogP contribution in [-0.2, 0) is 26.8 Å². The Kier molecular flexibility index (Phi) is 6.98. The van der Waals surface area contributed by atoms with Crippen molar-refractivity contribution in [1.29, 1.82) is 0 Å². The number of benzene rings is 1. The minimum atomic E-state index is -0.344. The molecule has 1 atom stereocenters. The number of rotatable bonds is 7. The van der Waals surface area contributed by atoms with E-state index in [4.69, 9.17) is 13.9 Å². The van der Waals surface area contributed by atoms with E-state index in [1.54, 1.807) is 13.0 Å². The highest BCUT2D eigenvalue weighted by atomic mass is 16.5. The van der Waals surface area contributed by atoms with Crippen LogP contribution in [0.4, 0.5) is 0 Å². The molecule has 2 aromatic rings. The summed E-state index contributed by atoms with van der Waals surface area (Å²) in [7, 11) is 0. The lowest BCUT2D eigenvalue weighted by atomic mass is 9.62. The van der Waals surface area contributed by atoms with Gasteiger partial charge in [-0.2, -0.15) is 0 Å². The average molecular weight is 465 g/mol. The van der Waals surface area contributed by atoms with Crippen LogP contribution in [0.1, 0.15) is 113 Å². The van der Waals surface area contributed by atoms with E-state index < -0.39 is 0 Å². The molecule has 1 aromatic heterocycles. The van der Waals surface area contributed by atoms with Crippen LogP contribution in [0.3, 0.4) is 0 Å². The standard InChI is InChI=1S/C30H40O4/c1-7-16-33-27-19-25-24(29(3,4)14-15-30(25,5)6)18-23(27)21-10-9-11-26-22(21)17-20(34-26)12-13-28(31)32-8-2/h12-13,17-19,21H,7-11,14-16H2,1-6H3. The first-order valence-electron chi connectivity index (χ1n) is 13.0. The molecule has 1 unspecified atom stereocenters. The van der Waals surface area contributed by atoms with Crippen LogP contribution in [0.2, 0.25) is 0 Å². The normalized spacial score (nSPS) is 20.6. The molecule has 0 saturated heterocycles. The molecule has 4 nitrogen and oxygen atoms in total. The Morgan fingerprint density at radius 2 is 1.76 bits per heavy atom. The van der Waals surface area contributed by atoms with Gasteiger partial charge in [0.2, 0.25) is 0 Å². The second-order valence-electron chi connectivity index (χ2n) is 11.1. The van der Waals surface area contributed by atoms with Crippen LogP contribution in [-0.4, -0.2) is 19.2 Å². The smallest absolute Gasteiger partial charge is 0.330 e. The maximum Gasteiger partial charge on any atom is 0.330 e. The summed E-state index contributed by atoms with van der Waals surface area (Å²) in [5.74, 6) is 2.64. The molecule has 4 rings (SSSR count). The number of hydrogen-bond acceptors (Lipinski definition) is 4. The topological polar surface area (TPSA) is 48.7 Å². The van der Waals surface area contributed by atoms with Crippen LogP contribution < -0.4 is 4.74 Å². The Morgan fingerprint density at radius 3 is 2.44 bits per heavy atom. The SMILES string of the molecule is CCCOc1cc2c(cc1C1CCCc3oc(C=CC(=O)OCC)cc31)C(C)(C)CCC2(C)C. The zero-order valence-corrected chi connectivity index (χ0v) is 21.8. The number of fused-ring (bicyclic) bond motifs is 2. The van der Waals surface area contributed by atoms with Gasteiger partial charge in [-0.15, -0.1) is 0 Å². The molecule has 0 amide bonds. The van der Waals surface area contributed by atoms with E-state index in [1.807, 2.05) is 0 Å². The van der Waals surface area contributed by atoms with E-state index in [0.29, 0.717) is 19.0 Å². The minimum Gasteiger partial charge on any atom is -0.493 e. The third-order valence-corrected chi connectivity index (χ3v) is 7.62. The lowest BCUT2D eigenvalue weighted by molar-refractivity contribution is -0.137. The number of ether oxygens (including phenoxy) is 2. The number of carbonyl (C=O) groups is 1. The summed E-state index contributed by atoms with van der Waals surface area (Å²) in [5, 5.41) is 0. The fourth-order valence-corrected chi connectivity index (χ4v) is 5.54. The molecule has 1 aromatic carbocycles. The molecular formula is C30H40O4. The molecule has 1 heterocycles. The number of carbonyl (C=O) groups excluding carboxylic acids is 1. The largest absolute Gasteiger partial charge is 0.493 e. The predicted molar refractivity (Wildman–Crippen MR) is 137 cm³/mol. The molecule has 0 saturated carbocycles. The van der Waals surface area contributed by atoms with Crippen molar-refractivity contribution in [2.45, 2.75) is 96.8 Å². The van der Waals surface area contributed by atoms with Crippen molar-refractivity contribution < 1.29 is 18.7 Å². The summed E-state index contributed by atoms with van der Waals surface area (Å²) < 4.78 is 17.6. The summed E-state index contributed by atoms with van der Waals surface area (Å²) in [6, 6.07) is 6.90. The highest BCUT2D eigenvalue weighted by Crippen LogP contribution is 2.50. The number of esters is 1. The molecule has 184 valence electrons. The molecule has 0 spiro atoms. The molecule has 0 fully saturated rings. The maximum atomic E-state index is 11.8. The molecule has 4 heteroatoms. The van der Waals surface area contributed by atoms with Gasteiger partial charge in [-0.3, -0.25) is 0 Å². The fourth-order valence-electron chi connectivity index (χ4n) is 5.54. The van der Waals surface area contributed by atoms with Gasteiger partial charge in [0.25, 0.3) is 0 Å². The van der Waals surface area contributed by atoms with E-state index in [0.717, 1.165) is 37.2 Å². The van der Waals surface area contributed by atoms with Gasteiger partial charge in [-0.05, 0) is 79.2 Å². The Bertz CT molecular complexity index is 1070. The average Bonchev–Trinajstić information content (AvgIpc) is 3.22. The maximum absolute atomic E-state index is 11.8. The monoisotopic (exact) mass is 464 g/mol. The van der Waals surface area contributed by atoms with Crippen molar-refractivity contribution in [2.24, 2.45) is 0 Å². The van der Waals surface area contributed by atoms with Crippen molar-refractivity contribution in [2.75, 3.05) is 13.2 Å². The van der Waals surface area contributed by atoms with Crippen LogP contribution in [0.5, 0.6) is 5.75 Å².